The first-order chi connectivity index (χ1) is 11.3. The quantitative estimate of drug-likeness (QED) is 0.857. The average molecular weight is 356 g/mol. The summed E-state index contributed by atoms with van der Waals surface area (Å²) >= 11 is 1.58. The Morgan fingerprint density at radius 2 is 2.12 bits per heavy atom. The molecule has 5 nitrogen and oxygen atoms in total. The molecular formula is C15H15F3N4OS. The first kappa shape index (κ1) is 16.7. The smallest absolute Gasteiger partial charge is 0.344 e. The van der Waals surface area contributed by atoms with E-state index in [4.69, 9.17) is 0 Å². The molecule has 1 atom stereocenters. The molecule has 1 N–H and O–H groups in total. The van der Waals surface area contributed by atoms with Gasteiger partial charge < -0.3 is 5.32 Å². The zero-order chi connectivity index (χ0) is 17.5. The molecule has 24 heavy (non-hydrogen) atoms. The topological polar surface area (TPSA) is 50.2 Å². The third-order valence-corrected chi connectivity index (χ3v) is 4.61. The first-order valence-electron chi connectivity index (χ1n) is 7.24. The number of pyridine rings is 2. The third kappa shape index (κ3) is 2.83. The third-order valence-electron chi connectivity index (χ3n) is 3.67. The molecule has 0 aliphatic carbocycles. The minimum atomic E-state index is -4.57. The van der Waals surface area contributed by atoms with E-state index in [0.717, 1.165) is 16.7 Å². The van der Waals surface area contributed by atoms with Crippen molar-refractivity contribution in [2.24, 2.45) is 0 Å². The second-order valence-electron chi connectivity index (χ2n) is 5.22. The Hall–Kier alpha value is -2.16. The van der Waals surface area contributed by atoms with Crippen LogP contribution in [0.5, 0.6) is 0 Å². The van der Waals surface area contributed by atoms with Crippen LogP contribution >= 0.6 is 11.8 Å². The zero-order valence-corrected chi connectivity index (χ0v) is 13.8. The van der Waals surface area contributed by atoms with Crippen molar-refractivity contribution < 1.29 is 13.2 Å². The maximum Gasteiger partial charge on any atom is 0.416 e. The summed E-state index contributed by atoms with van der Waals surface area (Å²) in [7, 11) is 1.64. The highest BCUT2D eigenvalue weighted by molar-refractivity contribution is 7.99. The normalized spacial score (nSPS) is 16.9. The van der Waals surface area contributed by atoms with Gasteiger partial charge in [0, 0.05) is 24.2 Å². The molecule has 0 spiro atoms. The standard InChI is InChI=1S/C15H15F3N4OS/c1-3-24-10-5-4-6-19-13(10)14-20-11-7-9(15(16,17)18)8-12(23)22(11)21(14)2/h4-8,14,20H,3H2,1-2H3. The molecule has 3 rings (SSSR count). The van der Waals surface area contributed by atoms with Crippen molar-refractivity contribution in [2.45, 2.75) is 24.2 Å². The average Bonchev–Trinajstić information content (AvgIpc) is 2.85. The lowest BCUT2D eigenvalue weighted by molar-refractivity contribution is -0.137. The Bertz CT molecular complexity index is 821. The number of anilines is 1. The molecule has 2 aromatic rings. The Balaban J connectivity index is 2.04. The second kappa shape index (κ2) is 6.04. The Morgan fingerprint density at radius 3 is 2.79 bits per heavy atom. The highest BCUT2D eigenvalue weighted by Gasteiger charge is 2.36. The van der Waals surface area contributed by atoms with Crippen LogP contribution in [0.4, 0.5) is 19.0 Å². The van der Waals surface area contributed by atoms with Crippen LogP contribution in [0.3, 0.4) is 0 Å². The van der Waals surface area contributed by atoms with E-state index in [1.807, 2.05) is 13.0 Å². The number of rotatable bonds is 3. The molecule has 1 aliphatic rings. The largest absolute Gasteiger partial charge is 0.416 e. The van der Waals surface area contributed by atoms with Gasteiger partial charge in [-0.25, -0.2) is 4.68 Å². The summed E-state index contributed by atoms with van der Waals surface area (Å²) in [5.41, 5.74) is -1.04. The maximum atomic E-state index is 12.9. The van der Waals surface area contributed by atoms with Crippen molar-refractivity contribution in [3.05, 3.63) is 52.1 Å². The van der Waals surface area contributed by atoms with Gasteiger partial charge in [0.2, 0.25) is 0 Å². The zero-order valence-electron chi connectivity index (χ0n) is 13.0. The highest BCUT2D eigenvalue weighted by Crippen LogP contribution is 2.35. The van der Waals surface area contributed by atoms with Gasteiger partial charge in [-0.2, -0.15) is 13.2 Å². The van der Waals surface area contributed by atoms with E-state index in [9.17, 15) is 18.0 Å². The number of aromatic nitrogens is 2. The number of thioether (sulfide) groups is 1. The molecular weight excluding hydrogens is 341 g/mol. The first-order valence-corrected chi connectivity index (χ1v) is 8.23. The molecule has 3 heterocycles. The summed E-state index contributed by atoms with van der Waals surface area (Å²) in [4.78, 5) is 17.4. The van der Waals surface area contributed by atoms with Crippen molar-refractivity contribution in [1.29, 1.82) is 0 Å². The lowest BCUT2D eigenvalue weighted by Gasteiger charge is -2.23. The number of alkyl halides is 3. The van der Waals surface area contributed by atoms with E-state index in [2.05, 4.69) is 10.3 Å². The number of nitrogens with one attached hydrogen (secondary N) is 1. The molecule has 1 aliphatic heterocycles. The van der Waals surface area contributed by atoms with E-state index in [1.165, 1.54) is 4.68 Å². The SMILES string of the molecule is CCSc1cccnc1C1Nc2cc(C(F)(F)F)cc(=O)n2N1C. The van der Waals surface area contributed by atoms with Gasteiger partial charge in [0.05, 0.1) is 11.3 Å². The Morgan fingerprint density at radius 1 is 1.38 bits per heavy atom. The number of fused-ring (bicyclic) bond motifs is 1. The summed E-state index contributed by atoms with van der Waals surface area (Å²) in [6.45, 7) is 2.00. The van der Waals surface area contributed by atoms with Gasteiger partial charge in [-0.3, -0.25) is 14.8 Å². The maximum absolute atomic E-state index is 12.9. The van der Waals surface area contributed by atoms with Crippen molar-refractivity contribution in [3.63, 3.8) is 0 Å². The molecule has 0 fully saturated rings. The molecule has 1 unspecified atom stereocenters. The summed E-state index contributed by atoms with van der Waals surface area (Å²) in [5.74, 6) is 0.931. The fourth-order valence-corrected chi connectivity index (χ4v) is 3.43. The van der Waals surface area contributed by atoms with Crippen LogP contribution in [0.2, 0.25) is 0 Å². The monoisotopic (exact) mass is 356 g/mol. The van der Waals surface area contributed by atoms with E-state index in [-0.39, 0.29) is 5.82 Å². The summed E-state index contributed by atoms with van der Waals surface area (Å²) in [5, 5.41) is 4.52. The predicted octanol–water partition coefficient (Wildman–Crippen LogP) is 3.07. The summed E-state index contributed by atoms with van der Waals surface area (Å²) < 4.78 is 39.9. The van der Waals surface area contributed by atoms with E-state index < -0.39 is 23.5 Å². The predicted molar refractivity (Wildman–Crippen MR) is 86.8 cm³/mol. The molecule has 0 radical (unpaired) electrons. The molecule has 2 aromatic heterocycles. The number of halogens is 3. The Labute approximate surface area is 140 Å². The molecule has 128 valence electrons. The van der Waals surface area contributed by atoms with E-state index in [0.29, 0.717) is 11.8 Å². The lowest BCUT2D eigenvalue weighted by Crippen LogP contribution is -2.37. The van der Waals surface area contributed by atoms with Gasteiger partial charge in [-0.15, -0.1) is 11.8 Å². The van der Waals surface area contributed by atoms with Crippen LogP contribution in [-0.4, -0.2) is 22.5 Å². The van der Waals surface area contributed by atoms with Crippen molar-refractivity contribution in [3.8, 4) is 0 Å². The van der Waals surface area contributed by atoms with Gasteiger partial charge in [-0.1, -0.05) is 6.92 Å². The van der Waals surface area contributed by atoms with Crippen LogP contribution in [0.25, 0.3) is 0 Å². The lowest BCUT2D eigenvalue weighted by atomic mass is 10.2. The van der Waals surface area contributed by atoms with Crippen molar-refractivity contribution in [1.82, 2.24) is 9.66 Å². The fourth-order valence-electron chi connectivity index (χ4n) is 2.63. The number of nitrogens with zero attached hydrogens (tertiary/aromatic N) is 3. The molecule has 0 saturated carbocycles. The van der Waals surface area contributed by atoms with Crippen LogP contribution in [-0.2, 0) is 6.18 Å². The van der Waals surface area contributed by atoms with Gasteiger partial charge in [0.25, 0.3) is 5.56 Å². The number of hydrogen-bond acceptors (Lipinski definition) is 5. The van der Waals surface area contributed by atoms with Gasteiger partial charge in [-0.05, 0) is 24.0 Å². The highest BCUT2D eigenvalue weighted by atomic mass is 32.2. The van der Waals surface area contributed by atoms with Crippen LogP contribution in [0.1, 0.15) is 24.3 Å². The van der Waals surface area contributed by atoms with E-state index >= 15 is 0 Å². The van der Waals surface area contributed by atoms with E-state index in [1.54, 1.807) is 36.1 Å². The van der Waals surface area contributed by atoms with Gasteiger partial charge in [0.1, 0.15) is 5.82 Å². The molecule has 0 saturated heterocycles. The molecule has 0 bridgehead atoms. The summed E-state index contributed by atoms with van der Waals surface area (Å²) in [6.07, 6.45) is -3.46. The fraction of sp³-hybridized carbons (Fsp3) is 0.333. The second-order valence-corrected chi connectivity index (χ2v) is 6.52. The van der Waals surface area contributed by atoms with Crippen LogP contribution in [0.15, 0.2) is 40.2 Å². The number of hydrogen-bond donors (Lipinski definition) is 1. The van der Waals surface area contributed by atoms with Crippen molar-refractivity contribution >= 4 is 17.6 Å². The van der Waals surface area contributed by atoms with Crippen LogP contribution < -0.4 is 15.9 Å². The Kier molecular flexibility index (Phi) is 4.20. The van der Waals surface area contributed by atoms with Gasteiger partial charge >= 0.3 is 6.18 Å². The minimum Gasteiger partial charge on any atom is -0.344 e. The van der Waals surface area contributed by atoms with Gasteiger partial charge in [0.15, 0.2) is 6.17 Å². The van der Waals surface area contributed by atoms with Crippen molar-refractivity contribution in [2.75, 3.05) is 23.1 Å². The molecule has 0 aromatic carbocycles. The molecule has 0 amide bonds. The molecule has 9 heteroatoms. The minimum absolute atomic E-state index is 0.0976. The van der Waals surface area contributed by atoms with Crippen LogP contribution in [0, 0.1) is 0 Å². The summed E-state index contributed by atoms with van der Waals surface area (Å²) in [6, 6.07) is 5.24.